The van der Waals surface area contributed by atoms with Crippen LogP contribution in [0.2, 0.25) is 0 Å². The number of nitrogens with zero attached hydrogens (tertiary/aromatic N) is 3. The zero-order chi connectivity index (χ0) is 15.2. The second kappa shape index (κ2) is 6.57. The van der Waals surface area contributed by atoms with Gasteiger partial charge in [-0.05, 0) is 36.4 Å². The predicted molar refractivity (Wildman–Crippen MR) is 82.1 cm³/mol. The van der Waals surface area contributed by atoms with Crippen molar-refractivity contribution >= 4 is 17.6 Å². The summed E-state index contributed by atoms with van der Waals surface area (Å²) in [5, 5.41) is 6.18. The molecular weight excluding hydrogens is 282 g/mol. The maximum atomic E-state index is 5.24. The average Bonchev–Trinajstić information content (AvgIpc) is 3.08. The molecule has 3 rings (SSSR count). The normalized spacial score (nSPS) is 10.2. The van der Waals surface area contributed by atoms with E-state index < -0.39 is 0 Å². The van der Waals surface area contributed by atoms with Crippen LogP contribution < -0.4 is 15.4 Å². The van der Waals surface area contributed by atoms with Crippen LogP contribution in [0.15, 0.2) is 53.4 Å². The Labute approximate surface area is 127 Å². The SMILES string of the molecule is COc1ccc(Nc2ncnc(NCc3ccco3)n2)cc1. The molecule has 2 heterocycles. The highest BCUT2D eigenvalue weighted by Crippen LogP contribution is 2.18. The summed E-state index contributed by atoms with van der Waals surface area (Å²) in [6, 6.07) is 11.2. The van der Waals surface area contributed by atoms with E-state index in [0.717, 1.165) is 17.2 Å². The van der Waals surface area contributed by atoms with Gasteiger partial charge in [-0.2, -0.15) is 4.98 Å². The summed E-state index contributed by atoms with van der Waals surface area (Å²) < 4.78 is 10.4. The number of benzene rings is 1. The fourth-order valence-electron chi connectivity index (χ4n) is 1.82. The first-order valence-electron chi connectivity index (χ1n) is 6.70. The van der Waals surface area contributed by atoms with Crippen molar-refractivity contribution in [2.24, 2.45) is 0 Å². The molecule has 0 atom stereocenters. The van der Waals surface area contributed by atoms with Gasteiger partial charge < -0.3 is 19.8 Å². The van der Waals surface area contributed by atoms with Gasteiger partial charge in [0.2, 0.25) is 11.9 Å². The van der Waals surface area contributed by atoms with Gasteiger partial charge in [-0.15, -0.1) is 0 Å². The Morgan fingerprint density at radius 1 is 1.09 bits per heavy atom. The molecule has 0 aliphatic heterocycles. The van der Waals surface area contributed by atoms with E-state index in [4.69, 9.17) is 9.15 Å². The van der Waals surface area contributed by atoms with Gasteiger partial charge in [0.05, 0.1) is 19.9 Å². The van der Waals surface area contributed by atoms with Crippen LogP contribution in [-0.4, -0.2) is 22.1 Å². The summed E-state index contributed by atoms with van der Waals surface area (Å²) in [7, 11) is 1.63. The number of anilines is 3. The minimum atomic E-state index is 0.460. The molecule has 2 aromatic heterocycles. The number of furan rings is 1. The van der Waals surface area contributed by atoms with E-state index >= 15 is 0 Å². The number of aromatic nitrogens is 3. The lowest BCUT2D eigenvalue weighted by atomic mass is 10.3. The molecule has 0 aliphatic carbocycles. The van der Waals surface area contributed by atoms with E-state index in [9.17, 15) is 0 Å². The fourth-order valence-corrected chi connectivity index (χ4v) is 1.82. The summed E-state index contributed by atoms with van der Waals surface area (Å²) in [5.41, 5.74) is 0.865. The maximum Gasteiger partial charge on any atom is 0.231 e. The van der Waals surface area contributed by atoms with Crippen molar-refractivity contribution in [3.05, 3.63) is 54.7 Å². The number of rotatable bonds is 6. The topological polar surface area (TPSA) is 85.1 Å². The largest absolute Gasteiger partial charge is 0.497 e. The molecule has 7 heteroatoms. The number of hydrogen-bond acceptors (Lipinski definition) is 7. The zero-order valence-corrected chi connectivity index (χ0v) is 12.0. The Kier molecular flexibility index (Phi) is 4.15. The fraction of sp³-hybridized carbons (Fsp3) is 0.133. The van der Waals surface area contributed by atoms with Gasteiger partial charge in [-0.3, -0.25) is 0 Å². The smallest absolute Gasteiger partial charge is 0.231 e. The molecule has 0 amide bonds. The summed E-state index contributed by atoms with van der Waals surface area (Å²) in [4.78, 5) is 12.5. The van der Waals surface area contributed by atoms with Crippen molar-refractivity contribution in [3.63, 3.8) is 0 Å². The van der Waals surface area contributed by atoms with Crippen LogP contribution >= 0.6 is 0 Å². The van der Waals surface area contributed by atoms with Crippen molar-refractivity contribution in [2.45, 2.75) is 6.54 Å². The Bertz CT molecular complexity index is 713. The first-order valence-corrected chi connectivity index (χ1v) is 6.70. The van der Waals surface area contributed by atoms with E-state index in [0.29, 0.717) is 18.4 Å². The minimum absolute atomic E-state index is 0.460. The Morgan fingerprint density at radius 3 is 2.64 bits per heavy atom. The third kappa shape index (κ3) is 3.51. The van der Waals surface area contributed by atoms with Crippen molar-refractivity contribution in [2.75, 3.05) is 17.7 Å². The Morgan fingerprint density at radius 2 is 1.91 bits per heavy atom. The monoisotopic (exact) mass is 297 g/mol. The van der Waals surface area contributed by atoms with E-state index in [-0.39, 0.29) is 0 Å². The molecule has 0 radical (unpaired) electrons. The van der Waals surface area contributed by atoms with Crippen molar-refractivity contribution < 1.29 is 9.15 Å². The highest BCUT2D eigenvalue weighted by atomic mass is 16.5. The van der Waals surface area contributed by atoms with E-state index in [1.807, 2.05) is 36.4 Å². The van der Waals surface area contributed by atoms with Gasteiger partial charge in [-0.25, -0.2) is 9.97 Å². The summed E-state index contributed by atoms with van der Waals surface area (Å²) in [6.45, 7) is 0.513. The number of ether oxygens (including phenoxy) is 1. The molecule has 7 nitrogen and oxygen atoms in total. The molecule has 2 N–H and O–H groups in total. The molecule has 0 unspecified atom stereocenters. The molecule has 0 fully saturated rings. The Balaban J connectivity index is 1.65. The second-order valence-electron chi connectivity index (χ2n) is 4.42. The van der Waals surface area contributed by atoms with Crippen LogP contribution in [0.4, 0.5) is 17.6 Å². The van der Waals surface area contributed by atoms with E-state index in [1.165, 1.54) is 6.33 Å². The number of nitrogens with one attached hydrogen (secondary N) is 2. The van der Waals surface area contributed by atoms with Crippen LogP contribution in [0.3, 0.4) is 0 Å². The van der Waals surface area contributed by atoms with Gasteiger partial charge in [0.25, 0.3) is 0 Å². The zero-order valence-electron chi connectivity index (χ0n) is 12.0. The minimum Gasteiger partial charge on any atom is -0.497 e. The highest BCUT2D eigenvalue weighted by Gasteiger charge is 2.03. The second-order valence-corrected chi connectivity index (χ2v) is 4.42. The Hall–Kier alpha value is -3.09. The van der Waals surface area contributed by atoms with Crippen LogP contribution in [-0.2, 0) is 6.54 Å². The maximum absolute atomic E-state index is 5.24. The molecule has 112 valence electrons. The molecule has 1 aromatic carbocycles. The lowest BCUT2D eigenvalue weighted by Crippen LogP contribution is -2.05. The van der Waals surface area contributed by atoms with Gasteiger partial charge in [0.15, 0.2) is 0 Å². The molecule has 0 spiro atoms. The first-order chi connectivity index (χ1) is 10.8. The van der Waals surface area contributed by atoms with Crippen LogP contribution in [0.25, 0.3) is 0 Å². The van der Waals surface area contributed by atoms with Gasteiger partial charge >= 0.3 is 0 Å². The van der Waals surface area contributed by atoms with Crippen LogP contribution in [0.5, 0.6) is 5.75 Å². The molecule has 0 bridgehead atoms. The highest BCUT2D eigenvalue weighted by molar-refractivity contribution is 5.55. The number of hydrogen-bond donors (Lipinski definition) is 2. The van der Waals surface area contributed by atoms with E-state index in [1.54, 1.807) is 13.4 Å². The van der Waals surface area contributed by atoms with Gasteiger partial charge in [0.1, 0.15) is 17.8 Å². The van der Waals surface area contributed by atoms with E-state index in [2.05, 4.69) is 25.6 Å². The lowest BCUT2D eigenvalue weighted by molar-refractivity contribution is 0.415. The van der Waals surface area contributed by atoms with Crippen molar-refractivity contribution in [1.82, 2.24) is 15.0 Å². The molecule has 0 saturated carbocycles. The summed E-state index contributed by atoms with van der Waals surface area (Å²) >= 11 is 0. The number of methoxy groups -OCH3 is 1. The molecule has 0 aliphatic rings. The molecule has 22 heavy (non-hydrogen) atoms. The molecular formula is C15H15N5O2. The third-order valence-corrected chi connectivity index (χ3v) is 2.92. The summed E-state index contributed by atoms with van der Waals surface area (Å²) in [6.07, 6.45) is 3.07. The average molecular weight is 297 g/mol. The molecule has 3 aromatic rings. The van der Waals surface area contributed by atoms with Crippen LogP contribution in [0, 0.1) is 0 Å². The summed E-state index contributed by atoms with van der Waals surface area (Å²) in [5.74, 6) is 2.54. The third-order valence-electron chi connectivity index (χ3n) is 2.92. The standard InChI is InChI=1S/C15H15N5O2/c1-21-12-6-4-11(5-7-12)19-15-18-10-17-14(20-15)16-9-13-3-2-8-22-13/h2-8,10H,9H2,1H3,(H2,16,17,18,19,20). The van der Waals surface area contributed by atoms with Gasteiger partial charge in [0, 0.05) is 5.69 Å². The van der Waals surface area contributed by atoms with Crippen molar-refractivity contribution in [1.29, 1.82) is 0 Å². The lowest BCUT2D eigenvalue weighted by Gasteiger charge is -2.07. The van der Waals surface area contributed by atoms with Gasteiger partial charge in [-0.1, -0.05) is 0 Å². The van der Waals surface area contributed by atoms with Crippen molar-refractivity contribution in [3.8, 4) is 5.75 Å². The quantitative estimate of drug-likeness (QED) is 0.723. The first kappa shape index (κ1) is 13.9. The predicted octanol–water partition coefficient (Wildman–Crippen LogP) is 2.83. The van der Waals surface area contributed by atoms with Crippen LogP contribution in [0.1, 0.15) is 5.76 Å². The molecule has 0 saturated heterocycles.